The van der Waals surface area contributed by atoms with Gasteiger partial charge in [-0.3, -0.25) is 4.79 Å². The molecule has 0 saturated carbocycles. The largest absolute Gasteiger partial charge is 0.289 e. The molecule has 54 valence electrons. The third kappa shape index (κ3) is 1.15. The average Bonchev–Trinajstić information content (AvgIpc) is 2.21. The van der Waals surface area contributed by atoms with Crippen LogP contribution in [-0.2, 0) is 0 Å². The zero-order chi connectivity index (χ0) is 7.14. The van der Waals surface area contributed by atoms with Crippen molar-refractivity contribution in [1.29, 1.82) is 0 Å². The van der Waals surface area contributed by atoms with Gasteiger partial charge in [0.05, 0.1) is 13.0 Å². The van der Waals surface area contributed by atoms with Gasteiger partial charge in [0, 0.05) is 0 Å². The van der Waals surface area contributed by atoms with Crippen molar-refractivity contribution in [3.8, 4) is 0 Å². The van der Waals surface area contributed by atoms with E-state index in [4.69, 9.17) is 0 Å². The average molecular weight is 208 g/mol. The lowest BCUT2D eigenvalue weighted by atomic mass is 11.0. The summed E-state index contributed by atoms with van der Waals surface area (Å²) in [6.45, 7) is 2.17. The Kier molecular flexibility index (Phi) is 1.84. The first-order valence-electron chi connectivity index (χ1n) is 2.73. The van der Waals surface area contributed by atoms with Crippen LogP contribution >= 0.6 is 46.2 Å². The Hall–Kier alpha value is 0.550. The molecular formula is C5H4OS4. The van der Waals surface area contributed by atoms with Crippen LogP contribution in [0.1, 0.15) is 6.92 Å². The summed E-state index contributed by atoms with van der Waals surface area (Å²) in [5, 5.41) is 0. The second kappa shape index (κ2) is 2.55. The minimum Gasteiger partial charge on any atom is -0.265 e. The third-order valence-electron chi connectivity index (χ3n) is 1.06. The predicted molar refractivity (Wildman–Crippen MR) is 49.6 cm³/mol. The van der Waals surface area contributed by atoms with Crippen LogP contribution in [0, 0.1) is 0 Å². The van der Waals surface area contributed by atoms with Crippen molar-refractivity contribution in [2.75, 3.05) is 0 Å². The van der Waals surface area contributed by atoms with E-state index in [1.165, 1.54) is 31.1 Å². The molecule has 0 spiro atoms. The molecule has 0 unspecified atom stereocenters. The summed E-state index contributed by atoms with van der Waals surface area (Å²) in [6, 6.07) is 0. The summed E-state index contributed by atoms with van der Waals surface area (Å²) < 4.78 is 3.30. The molecule has 0 fully saturated rings. The molecule has 0 saturated heterocycles. The van der Waals surface area contributed by atoms with Crippen LogP contribution in [0.4, 0.5) is 0 Å². The molecule has 10 heavy (non-hydrogen) atoms. The normalized spacial score (nSPS) is 17.7. The Labute approximate surface area is 74.9 Å². The van der Waals surface area contributed by atoms with Gasteiger partial charge in [0.2, 0.25) is 0 Å². The van der Waals surface area contributed by atoms with Crippen molar-refractivity contribution in [2.24, 2.45) is 0 Å². The Morgan fingerprint density at radius 2 is 1.70 bits per heavy atom. The van der Waals surface area contributed by atoms with E-state index in [9.17, 15) is 4.79 Å². The van der Waals surface area contributed by atoms with Crippen LogP contribution in [0.3, 0.4) is 0 Å². The molecule has 1 aliphatic heterocycles. The molecule has 0 N–H and O–H groups in total. The molecule has 1 aliphatic rings. The number of fused-ring (bicyclic) bond motifs is 1. The molecule has 0 aromatic carbocycles. The van der Waals surface area contributed by atoms with Gasteiger partial charge < -0.3 is 0 Å². The van der Waals surface area contributed by atoms with E-state index in [-0.39, 0.29) is 4.06 Å². The van der Waals surface area contributed by atoms with Crippen molar-refractivity contribution < 1.29 is 0 Å². The van der Waals surface area contributed by atoms with Crippen LogP contribution in [0.25, 0.3) is 0 Å². The fraction of sp³-hybridized carbons (Fsp3) is 0.400. The quantitative estimate of drug-likeness (QED) is 0.652. The molecule has 5 heteroatoms. The Morgan fingerprint density at radius 3 is 2.20 bits per heavy atom. The molecule has 0 atom stereocenters. The molecule has 2 heterocycles. The van der Waals surface area contributed by atoms with Gasteiger partial charge in [0.25, 0.3) is 4.06 Å². The lowest BCUT2D eigenvalue weighted by Crippen LogP contribution is -1.80. The van der Waals surface area contributed by atoms with E-state index < -0.39 is 0 Å². The van der Waals surface area contributed by atoms with Gasteiger partial charge in [-0.2, -0.15) is 0 Å². The fourth-order valence-electron chi connectivity index (χ4n) is 0.725. The van der Waals surface area contributed by atoms with Gasteiger partial charge in [-0.25, -0.2) is 0 Å². The highest BCUT2D eigenvalue weighted by molar-refractivity contribution is 8.21. The molecule has 0 radical (unpaired) electrons. The lowest BCUT2D eigenvalue weighted by Gasteiger charge is -1.92. The number of hydrogen-bond donors (Lipinski definition) is 0. The van der Waals surface area contributed by atoms with Crippen LogP contribution in [0.5, 0.6) is 0 Å². The van der Waals surface area contributed by atoms with Gasteiger partial charge >= 0.3 is 0 Å². The summed E-state index contributed by atoms with van der Waals surface area (Å²) >= 11 is 6.38. The maximum Gasteiger partial charge on any atom is 0.289 e. The predicted octanol–water partition coefficient (Wildman–Crippen LogP) is 2.71. The smallest absolute Gasteiger partial charge is 0.265 e. The maximum absolute atomic E-state index is 10.8. The number of rotatable bonds is 0. The Bertz CT molecular complexity index is 272. The molecule has 1 nitrogen and oxygen atoms in total. The number of thioether (sulfide) groups is 2. The van der Waals surface area contributed by atoms with Crippen LogP contribution < -0.4 is 4.06 Å². The first-order chi connectivity index (χ1) is 4.75. The van der Waals surface area contributed by atoms with Crippen molar-refractivity contribution in [1.82, 2.24) is 0 Å². The first kappa shape index (κ1) is 7.21. The zero-order valence-corrected chi connectivity index (χ0v) is 8.38. The third-order valence-corrected chi connectivity index (χ3v) is 6.35. The zero-order valence-electron chi connectivity index (χ0n) is 5.12. The summed E-state index contributed by atoms with van der Waals surface area (Å²) in [6.07, 6.45) is 0. The Morgan fingerprint density at radius 1 is 1.20 bits per heavy atom. The summed E-state index contributed by atoms with van der Waals surface area (Å²) in [5.74, 6) is 0. The molecule has 0 amide bonds. The lowest BCUT2D eigenvalue weighted by molar-refractivity contribution is 1.44. The van der Waals surface area contributed by atoms with Gasteiger partial charge in [0.1, 0.15) is 0 Å². The van der Waals surface area contributed by atoms with Gasteiger partial charge in [0.15, 0.2) is 0 Å². The van der Waals surface area contributed by atoms with Crippen LogP contribution in [0.15, 0.2) is 13.2 Å². The summed E-state index contributed by atoms with van der Waals surface area (Å²) in [4.78, 5) is 10.8. The molecule has 1 aromatic rings. The summed E-state index contributed by atoms with van der Waals surface area (Å²) in [5.41, 5.74) is 0. The van der Waals surface area contributed by atoms with E-state index in [0.29, 0.717) is 4.58 Å². The van der Waals surface area contributed by atoms with E-state index >= 15 is 0 Å². The van der Waals surface area contributed by atoms with Crippen molar-refractivity contribution in [3.63, 3.8) is 0 Å². The highest BCUT2D eigenvalue weighted by atomic mass is 32.2. The Balaban J connectivity index is 2.48. The second-order valence-corrected chi connectivity index (χ2v) is 7.57. The highest BCUT2D eigenvalue weighted by Crippen LogP contribution is 2.50. The van der Waals surface area contributed by atoms with E-state index in [2.05, 4.69) is 6.92 Å². The second-order valence-electron chi connectivity index (χ2n) is 1.83. The molecule has 0 bridgehead atoms. The standard InChI is InChI=1S/C5H4OS4/c1-2-7-3-4(8-2)10-5(6)9-3/h2H,1H3. The molecule has 1 aromatic heterocycles. The maximum atomic E-state index is 10.8. The highest BCUT2D eigenvalue weighted by Gasteiger charge is 2.22. The monoisotopic (exact) mass is 208 g/mol. The molecule has 2 rings (SSSR count). The van der Waals surface area contributed by atoms with Gasteiger partial charge in [-0.05, 0) is 6.92 Å². The van der Waals surface area contributed by atoms with Crippen LogP contribution in [-0.4, -0.2) is 4.58 Å². The SMILES string of the molecule is CC1Sc2sc(=O)sc2S1. The van der Waals surface area contributed by atoms with Crippen molar-refractivity contribution >= 4 is 46.2 Å². The van der Waals surface area contributed by atoms with Gasteiger partial charge in [-0.1, -0.05) is 46.2 Å². The van der Waals surface area contributed by atoms with Gasteiger partial charge in [-0.15, -0.1) is 0 Å². The van der Waals surface area contributed by atoms with Crippen LogP contribution in [0.2, 0.25) is 0 Å². The topological polar surface area (TPSA) is 17.1 Å². The van der Waals surface area contributed by atoms with E-state index in [1.807, 2.05) is 0 Å². The minimum absolute atomic E-state index is 0.233. The number of hydrogen-bond acceptors (Lipinski definition) is 5. The summed E-state index contributed by atoms with van der Waals surface area (Å²) in [7, 11) is 0. The first-order valence-corrected chi connectivity index (χ1v) is 6.12. The van der Waals surface area contributed by atoms with E-state index in [1.54, 1.807) is 23.5 Å². The molecular weight excluding hydrogens is 204 g/mol. The fourth-order valence-corrected chi connectivity index (χ4v) is 6.89. The van der Waals surface area contributed by atoms with Crippen molar-refractivity contribution in [2.45, 2.75) is 19.9 Å². The van der Waals surface area contributed by atoms with E-state index in [0.717, 1.165) is 0 Å². The molecule has 0 aliphatic carbocycles. The van der Waals surface area contributed by atoms with Crippen molar-refractivity contribution in [3.05, 3.63) is 8.85 Å². The minimum atomic E-state index is 0.233.